The molecule has 0 aliphatic carbocycles. The highest BCUT2D eigenvalue weighted by Crippen LogP contribution is 2.24. The molecule has 1 amide bonds. The number of benzene rings is 1. The quantitative estimate of drug-likeness (QED) is 0.864. The molecule has 1 aromatic carbocycles. The lowest BCUT2D eigenvalue weighted by atomic mass is 10.1. The number of hydrogen-bond donors (Lipinski definition) is 1. The number of likely N-dealkylation sites (tertiary alicyclic amines) is 1. The van der Waals surface area contributed by atoms with Crippen LogP contribution in [0.3, 0.4) is 0 Å². The normalized spacial score (nSPS) is 25.0. The third-order valence-corrected chi connectivity index (χ3v) is 4.48. The lowest BCUT2D eigenvalue weighted by Crippen LogP contribution is -2.39. The number of nitrogens with one attached hydrogen (secondary N) is 1. The molecule has 3 rings (SSSR count). The number of nitrogens with zero attached hydrogens (tertiary/aromatic N) is 1. The van der Waals surface area contributed by atoms with Gasteiger partial charge in [-0.3, -0.25) is 4.79 Å². The van der Waals surface area contributed by atoms with E-state index in [1.807, 2.05) is 30.0 Å². The maximum absolute atomic E-state index is 12.6. The van der Waals surface area contributed by atoms with E-state index in [1.165, 1.54) is 12.8 Å². The summed E-state index contributed by atoms with van der Waals surface area (Å²) < 4.78 is 0. The Morgan fingerprint density at radius 3 is 2.80 bits per heavy atom. The molecule has 2 heterocycles. The number of carbonyl (C=O) groups excluding carboxylic acids is 1. The first kappa shape index (κ1) is 15.6. The molecule has 1 aromatic rings. The zero-order valence-electron chi connectivity index (χ0n) is 11.6. The van der Waals surface area contributed by atoms with Gasteiger partial charge in [0.2, 0.25) is 0 Å². The van der Waals surface area contributed by atoms with Crippen molar-refractivity contribution in [2.24, 2.45) is 0 Å². The average Bonchev–Trinajstić information content (AvgIpc) is 2.68. The van der Waals surface area contributed by atoms with Crippen molar-refractivity contribution in [1.29, 1.82) is 0 Å². The highest BCUT2D eigenvalue weighted by molar-refractivity contribution is 6.33. The van der Waals surface area contributed by atoms with Gasteiger partial charge in [-0.15, -0.1) is 12.4 Å². The van der Waals surface area contributed by atoms with Crippen molar-refractivity contribution in [1.82, 2.24) is 10.2 Å². The smallest absolute Gasteiger partial charge is 0.255 e. The molecule has 2 fully saturated rings. The molecule has 0 spiro atoms. The predicted octanol–water partition coefficient (Wildman–Crippen LogP) is 3.04. The number of fused-ring (bicyclic) bond motifs is 2. The second-order valence-electron chi connectivity index (χ2n) is 5.66. The molecular formula is C15H20Cl2N2O. The molecule has 3 nitrogen and oxygen atoms in total. The van der Waals surface area contributed by atoms with Gasteiger partial charge in [0, 0.05) is 25.2 Å². The number of halogens is 2. The van der Waals surface area contributed by atoms with Gasteiger partial charge >= 0.3 is 0 Å². The van der Waals surface area contributed by atoms with E-state index in [9.17, 15) is 4.79 Å². The highest BCUT2D eigenvalue weighted by atomic mass is 35.5. The minimum atomic E-state index is 0. The Labute approximate surface area is 131 Å². The fourth-order valence-corrected chi connectivity index (χ4v) is 3.41. The van der Waals surface area contributed by atoms with Gasteiger partial charge in [0.15, 0.2) is 0 Å². The van der Waals surface area contributed by atoms with Crippen molar-refractivity contribution in [3.63, 3.8) is 0 Å². The number of carbonyl (C=O) groups is 1. The van der Waals surface area contributed by atoms with Crippen molar-refractivity contribution >= 4 is 29.9 Å². The molecule has 5 heteroatoms. The lowest BCUT2D eigenvalue weighted by molar-refractivity contribution is 0.0748. The Morgan fingerprint density at radius 2 is 2.05 bits per heavy atom. The van der Waals surface area contributed by atoms with Crippen LogP contribution in [-0.2, 0) is 0 Å². The summed E-state index contributed by atoms with van der Waals surface area (Å²) in [6, 6.07) is 6.70. The van der Waals surface area contributed by atoms with E-state index in [4.69, 9.17) is 11.6 Å². The van der Waals surface area contributed by atoms with Crippen molar-refractivity contribution < 1.29 is 4.79 Å². The molecule has 2 unspecified atom stereocenters. The molecule has 20 heavy (non-hydrogen) atoms. The van der Waals surface area contributed by atoms with Gasteiger partial charge in [0.25, 0.3) is 5.91 Å². The summed E-state index contributed by atoms with van der Waals surface area (Å²) in [4.78, 5) is 14.5. The second kappa shape index (κ2) is 6.33. The minimum absolute atomic E-state index is 0. The van der Waals surface area contributed by atoms with Crippen LogP contribution in [0.1, 0.15) is 35.2 Å². The zero-order chi connectivity index (χ0) is 13.4. The highest BCUT2D eigenvalue weighted by Gasteiger charge is 2.31. The fraction of sp³-hybridized carbons (Fsp3) is 0.533. The summed E-state index contributed by atoms with van der Waals surface area (Å²) in [5.41, 5.74) is 1.71. The van der Waals surface area contributed by atoms with E-state index in [2.05, 4.69) is 5.32 Å². The van der Waals surface area contributed by atoms with Crippen LogP contribution < -0.4 is 5.32 Å². The van der Waals surface area contributed by atoms with Crippen LogP contribution >= 0.6 is 24.0 Å². The topological polar surface area (TPSA) is 32.3 Å². The van der Waals surface area contributed by atoms with E-state index in [-0.39, 0.29) is 18.3 Å². The molecule has 0 aromatic heterocycles. The minimum Gasteiger partial charge on any atom is -0.337 e. The van der Waals surface area contributed by atoms with Crippen LogP contribution in [-0.4, -0.2) is 36.0 Å². The van der Waals surface area contributed by atoms with Crippen LogP contribution in [0.2, 0.25) is 5.02 Å². The molecular weight excluding hydrogens is 295 g/mol. The Hall–Kier alpha value is -0.770. The standard InChI is InChI=1S/C15H19ClN2O.ClH/c1-10-2-5-13(14(16)8-10)15(19)18-7-6-11-3-4-12(9-18)17-11;/h2,5,8,11-12,17H,3-4,6-7,9H2,1H3;1H. The summed E-state index contributed by atoms with van der Waals surface area (Å²) in [5.74, 6) is 0.0688. The monoisotopic (exact) mass is 314 g/mol. The number of hydrogen-bond acceptors (Lipinski definition) is 2. The summed E-state index contributed by atoms with van der Waals surface area (Å²) in [5, 5.41) is 4.15. The third-order valence-electron chi connectivity index (χ3n) is 4.17. The average molecular weight is 315 g/mol. The number of aryl methyl sites for hydroxylation is 1. The Bertz CT molecular complexity index is 507. The van der Waals surface area contributed by atoms with Crippen molar-refractivity contribution in [3.8, 4) is 0 Å². The van der Waals surface area contributed by atoms with Gasteiger partial charge in [-0.1, -0.05) is 17.7 Å². The Kier molecular flexibility index (Phi) is 4.95. The third kappa shape index (κ3) is 3.11. The molecule has 110 valence electrons. The molecule has 1 N–H and O–H groups in total. The first-order valence-electron chi connectivity index (χ1n) is 6.95. The maximum atomic E-state index is 12.6. The van der Waals surface area contributed by atoms with E-state index in [1.54, 1.807) is 0 Å². The second-order valence-corrected chi connectivity index (χ2v) is 6.07. The largest absolute Gasteiger partial charge is 0.337 e. The van der Waals surface area contributed by atoms with Gasteiger partial charge in [0.05, 0.1) is 10.6 Å². The van der Waals surface area contributed by atoms with E-state index in [0.717, 1.165) is 25.1 Å². The van der Waals surface area contributed by atoms with Crippen LogP contribution in [0.4, 0.5) is 0 Å². The summed E-state index contributed by atoms with van der Waals surface area (Å²) in [7, 11) is 0. The van der Waals surface area contributed by atoms with E-state index in [0.29, 0.717) is 22.7 Å². The first-order valence-corrected chi connectivity index (χ1v) is 7.33. The van der Waals surface area contributed by atoms with Gasteiger partial charge < -0.3 is 10.2 Å². The summed E-state index contributed by atoms with van der Waals surface area (Å²) >= 11 is 6.20. The predicted molar refractivity (Wildman–Crippen MR) is 83.9 cm³/mol. The van der Waals surface area contributed by atoms with E-state index < -0.39 is 0 Å². The molecule has 0 saturated carbocycles. The van der Waals surface area contributed by atoms with Crippen LogP contribution in [0.15, 0.2) is 18.2 Å². The van der Waals surface area contributed by atoms with Crippen molar-refractivity contribution in [2.75, 3.05) is 13.1 Å². The van der Waals surface area contributed by atoms with Gasteiger partial charge in [-0.25, -0.2) is 0 Å². The summed E-state index contributed by atoms with van der Waals surface area (Å²) in [6.07, 6.45) is 3.47. The fourth-order valence-electron chi connectivity index (χ4n) is 3.09. The zero-order valence-corrected chi connectivity index (χ0v) is 13.1. The van der Waals surface area contributed by atoms with Crippen LogP contribution in [0, 0.1) is 6.92 Å². The molecule has 2 atom stereocenters. The van der Waals surface area contributed by atoms with Crippen molar-refractivity contribution in [3.05, 3.63) is 34.3 Å². The molecule has 2 bridgehead atoms. The maximum Gasteiger partial charge on any atom is 0.255 e. The number of amides is 1. The lowest BCUT2D eigenvalue weighted by Gasteiger charge is -2.24. The Morgan fingerprint density at radius 1 is 1.30 bits per heavy atom. The molecule has 2 aliphatic rings. The molecule has 2 saturated heterocycles. The summed E-state index contributed by atoms with van der Waals surface area (Å²) in [6.45, 7) is 3.62. The van der Waals surface area contributed by atoms with E-state index >= 15 is 0 Å². The van der Waals surface area contributed by atoms with Crippen LogP contribution in [0.25, 0.3) is 0 Å². The first-order chi connectivity index (χ1) is 9.13. The molecule has 2 aliphatic heterocycles. The van der Waals surface area contributed by atoms with Gasteiger partial charge in [0.1, 0.15) is 0 Å². The van der Waals surface area contributed by atoms with Gasteiger partial charge in [-0.2, -0.15) is 0 Å². The van der Waals surface area contributed by atoms with Crippen molar-refractivity contribution in [2.45, 2.75) is 38.3 Å². The SMILES string of the molecule is Cc1ccc(C(=O)N2CCC3CCC(C2)N3)c(Cl)c1.Cl. The molecule has 0 radical (unpaired) electrons. The number of rotatable bonds is 1. The Balaban J connectivity index is 0.00000147. The van der Waals surface area contributed by atoms with Crippen LogP contribution in [0.5, 0.6) is 0 Å². The van der Waals surface area contributed by atoms with Gasteiger partial charge in [-0.05, 0) is 43.9 Å².